The van der Waals surface area contributed by atoms with Crippen molar-refractivity contribution in [1.82, 2.24) is 0 Å². The van der Waals surface area contributed by atoms with Gasteiger partial charge in [-0.3, -0.25) is 0 Å². The molecule has 2 unspecified atom stereocenters. The van der Waals surface area contributed by atoms with E-state index in [9.17, 15) is 0 Å². The quantitative estimate of drug-likeness (QED) is 0.242. The summed E-state index contributed by atoms with van der Waals surface area (Å²) in [5.41, 5.74) is 6.72. The van der Waals surface area contributed by atoms with Crippen LogP contribution >= 0.6 is 0 Å². The Balaban J connectivity index is 1.58. The third-order valence-corrected chi connectivity index (χ3v) is 6.41. The van der Waals surface area contributed by atoms with Crippen molar-refractivity contribution in [2.24, 2.45) is 0 Å². The third-order valence-electron chi connectivity index (χ3n) is 6.41. The molecule has 0 aliphatic carbocycles. The minimum absolute atomic E-state index is 0.435. The second-order valence-electron chi connectivity index (χ2n) is 8.65. The summed E-state index contributed by atoms with van der Waals surface area (Å²) in [6.45, 7) is 4.46. The lowest BCUT2D eigenvalue weighted by Crippen LogP contribution is -2.09. The third kappa shape index (κ3) is 6.08. The lowest BCUT2D eigenvalue weighted by Gasteiger charge is -2.26. The maximum Gasteiger partial charge on any atom is -0.0116 e. The molecule has 4 aromatic rings. The van der Waals surface area contributed by atoms with E-state index < -0.39 is 0 Å². The van der Waals surface area contributed by atoms with Gasteiger partial charge in [-0.2, -0.15) is 0 Å². The molecule has 2 atom stereocenters. The molecule has 0 N–H and O–H groups in total. The van der Waals surface area contributed by atoms with Gasteiger partial charge in [0.15, 0.2) is 0 Å². The molecule has 0 spiro atoms. The second-order valence-corrected chi connectivity index (χ2v) is 8.65. The number of hydrogen-bond acceptors (Lipinski definition) is 0. The summed E-state index contributed by atoms with van der Waals surface area (Å²) >= 11 is 0. The molecule has 4 aromatic carbocycles. The highest BCUT2D eigenvalue weighted by atomic mass is 14.3. The molecule has 0 aliphatic rings. The van der Waals surface area contributed by atoms with Crippen LogP contribution in [0.25, 0.3) is 5.57 Å². The molecule has 0 fully saturated rings. The molecule has 0 saturated heterocycles. The Bertz CT molecular complexity index is 1070. The standard InChI is InChI=1S/C32H32/c1-26(28-16-8-3-9-17-28)24-32(30-20-12-5-13-21-30)25-31(29-18-10-4-11-19-29)23-22-27-14-6-2-7-15-27/h2-21,31-32H,1,22-25H2. The van der Waals surface area contributed by atoms with Gasteiger partial charge in [-0.25, -0.2) is 0 Å². The van der Waals surface area contributed by atoms with E-state index in [1.165, 1.54) is 27.8 Å². The zero-order valence-electron chi connectivity index (χ0n) is 18.7. The molecule has 0 heterocycles. The van der Waals surface area contributed by atoms with Crippen LogP contribution in [0, 0.1) is 0 Å². The Kier molecular flexibility index (Phi) is 7.71. The summed E-state index contributed by atoms with van der Waals surface area (Å²) < 4.78 is 0. The predicted molar refractivity (Wildman–Crippen MR) is 138 cm³/mol. The van der Waals surface area contributed by atoms with Crippen molar-refractivity contribution < 1.29 is 0 Å². The Labute approximate surface area is 193 Å². The Morgan fingerprint density at radius 2 is 1.03 bits per heavy atom. The normalized spacial score (nSPS) is 12.8. The van der Waals surface area contributed by atoms with Gasteiger partial charge in [-0.15, -0.1) is 0 Å². The van der Waals surface area contributed by atoms with Crippen LogP contribution in [0.15, 0.2) is 128 Å². The number of aryl methyl sites for hydroxylation is 1. The highest BCUT2D eigenvalue weighted by Gasteiger charge is 2.21. The zero-order valence-corrected chi connectivity index (χ0v) is 18.7. The minimum atomic E-state index is 0.435. The Morgan fingerprint density at radius 3 is 1.59 bits per heavy atom. The van der Waals surface area contributed by atoms with Gasteiger partial charge in [0.1, 0.15) is 0 Å². The number of hydrogen-bond donors (Lipinski definition) is 0. The number of rotatable bonds is 10. The topological polar surface area (TPSA) is 0 Å². The largest absolute Gasteiger partial charge is 0.0952 e. The first kappa shape index (κ1) is 21.8. The molecule has 0 aliphatic heterocycles. The van der Waals surface area contributed by atoms with E-state index >= 15 is 0 Å². The van der Waals surface area contributed by atoms with Crippen molar-refractivity contribution >= 4 is 5.57 Å². The summed E-state index contributed by atoms with van der Waals surface area (Å²) in [5.74, 6) is 0.940. The van der Waals surface area contributed by atoms with Crippen LogP contribution in [0.2, 0.25) is 0 Å². The van der Waals surface area contributed by atoms with Gasteiger partial charge in [0.05, 0.1) is 0 Å². The van der Waals surface area contributed by atoms with Gasteiger partial charge in [0.25, 0.3) is 0 Å². The first-order valence-electron chi connectivity index (χ1n) is 11.7. The van der Waals surface area contributed by atoms with E-state index in [4.69, 9.17) is 0 Å². The zero-order chi connectivity index (χ0) is 22.0. The van der Waals surface area contributed by atoms with Crippen molar-refractivity contribution in [3.8, 4) is 0 Å². The van der Waals surface area contributed by atoms with Crippen molar-refractivity contribution in [1.29, 1.82) is 0 Å². The van der Waals surface area contributed by atoms with E-state index in [1.54, 1.807) is 0 Å². The molecule has 0 saturated carbocycles. The van der Waals surface area contributed by atoms with Gasteiger partial charge in [0.2, 0.25) is 0 Å². The average Bonchev–Trinajstić information content (AvgIpc) is 2.88. The van der Waals surface area contributed by atoms with Crippen molar-refractivity contribution in [2.75, 3.05) is 0 Å². The fourth-order valence-corrected chi connectivity index (χ4v) is 4.63. The first-order valence-corrected chi connectivity index (χ1v) is 11.7. The lowest BCUT2D eigenvalue weighted by molar-refractivity contribution is 0.509. The fourth-order valence-electron chi connectivity index (χ4n) is 4.63. The Hall–Kier alpha value is -3.38. The SMILES string of the molecule is C=C(CC(CC(CCc1ccccc1)c1ccccc1)c1ccccc1)c1ccccc1. The number of allylic oxidation sites excluding steroid dienone is 1. The summed E-state index contributed by atoms with van der Waals surface area (Å²) in [5, 5.41) is 0. The summed E-state index contributed by atoms with van der Waals surface area (Å²) in [6, 6.07) is 43.5. The highest BCUT2D eigenvalue weighted by molar-refractivity contribution is 5.64. The van der Waals surface area contributed by atoms with Gasteiger partial charge in [-0.1, -0.05) is 128 Å². The van der Waals surface area contributed by atoms with Crippen LogP contribution in [0.1, 0.15) is 53.4 Å². The molecular formula is C32H32. The van der Waals surface area contributed by atoms with Gasteiger partial charge in [-0.05, 0) is 65.3 Å². The summed E-state index contributed by atoms with van der Waals surface area (Å²) in [6.07, 6.45) is 4.34. The molecule has 32 heavy (non-hydrogen) atoms. The molecule has 160 valence electrons. The van der Waals surface area contributed by atoms with E-state index in [0.29, 0.717) is 11.8 Å². The van der Waals surface area contributed by atoms with Crippen LogP contribution in [0.3, 0.4) is 0 Å². The van der Waals surface area contributed by atoms with Crippen LogP contribution < -0.4 is 0 Å². The second kappa shape index (κ2) is 11.3. The van der Waals surface area contributed by atoms with E-state index in [2.05, 4.69) is 128 Å². The van der Waals surface area contributed by atoms with Crippen molar-refractivity contribution in [2.45, 2.75) is 37.5 Å². The maximum atomic E-state index is 4.46. The lowest BCUT2D eigenvalue weighted by atomic mass is 9.79. The van der Waals surface area contributed by atoms with Gasteiger partial charge < -0.3 is 0 Å². The summed E-state index contributed by atoms with van der Waals surface area (Å²) in [7, 11) is 0. The smallest absolute Gasteiger partial charge is 0.0116 e. The van der Waals surface area contributed by atoms with Crippen molar-refractivity contribution in [3.63, 3.8) is 0 Å². The summed E-state index contributed by atoms with van der Waals surface area (Å²) in [4.78, 5) is 0. The predicted octanol–water partition coefficient (Wildman–Crippen LogP) is 8.68. The number of benzene rings is 4. The van der Waals surface area contributed by atoms with Gasteiger partial charge >= 0.3 is 0 Å². The van der Waals surface area contributed by atoms with Crippen LogP contribution in [0.5, 0.6) is 0 Å². The van der Waals surface area contributed by atoms with E-state index in [1.807, 2.05) is 0 Å². The molecule has 0 aromatic heterocycles. The highest BCUT2D eigenvalue weighted by Crippen LogP contribution is 2.38. The van der Waals surface area contributed by atoms with Crippen LogP contribution in [-0.4, -0.2) is 0 Å². The van der Waals surface area contributed by atoms with Gasteiger partial charge in [0, 0.05) is 0 Å². The molecule has 0 nitrogen and oxygen atoms in total. The maximum absolute atomic E-state index is 4.46. The molecule has 4 rings (SSSR count). The minimum Gasteiger partial charge on any atom is -0.0952 e. The van der Waals surface area contributed by atoms with Crippen LogP contribution in [-0.2, 0) is 6.42 Å². The molecule has 0 heteroatoms. The molecule has 0 amide bonds. The van der Waals surface area contributed by atoms with E-state index in [-0.39, 0.29) is 0 Å². The Morgan fingerprint density at radius 1 is 0.562 bits per heavy atom. The first-order chi connectivity index (χ1) is 15.8. The van der Waals surface area contributed by atoms with E-state index in [0.717, 1.165) is 25.7 Å². The fraction of sp³-hybridized carbons (Fsp3) is 0.188. The molecular weight excluding hydrogens is 384 g/mol. The van der Waals surface area contributed by atoms with Crippen molar-refractivity contribution in [3.05, 3.63) is 150 Å². The average molecular weight is 417 g/mol. The molecule has 0 radical (unpaired) electrons. The molecule has 0 bridgehead atoms. The van der Waals surface area contributed by atoms with Crippen LogP contribution in [0.4, 0.5) is 0 Å². The monoisotopic (exact) mass is 416 g/mol.